The Kier molecular flexibility index (Phi) is 7.92. The van der Waals surface area contributed by atoms with Crippen LogP contribution in [0.3, 0.4) is 0 Å². The molecule has 11 nitrogen and oxygen atoms in total. The van der Waals surface area contributed by atoms with Crippen LogP contribution in [0.4, 0.5) is 11.6 Å². The van der Waals surface area contributed by atoms with Crippen LogP contribution in [0.5, 0.6) is 0 Å². The highest BCUT2D eigenvalue weighted by Gasteiger charge is 2.35. The maximum absolute atomic E-state index is 12.8. The van der Waals surface area contributed by atoms with E-state index in [0.29, 0.717) is 56.3 Å². The molecule has 4 aliphatic heterocycles. The number of imide groups is 1. The summed E-state index contributed by atoms with van der Waals surface area (Å²) >= 11 is 0. The van der Waals surface area contributed by atoms with Gasteiger partial charge in [0.1, 0.15) is 0 Å². The number of aromatic nitrogens is 2. The second kappa shape index (κ2) is 11.9. The molecule has 2 aromatic rings. The molecule has 1 atom stereocenters. The Hall–Kier alpha value is -3.57. The number of nitrogens with zero attached hydrogens (tertiary/aromatic N) is 7. The molecular formula is C29H37N7O4. The summed E-state index contributed by atoms with van der Waals surface area (Å²) in [6, 6.07) is 10.9. The minimum absolute atomic E-state index is 0.0522. The van der Waals surface area contributed by atoms with Crippen LogP contribution in [0.15, 0.2) is 36.4 Å². The van der Waals surface area contributed by atoms with Crippen molar-refractivity contribution in [3.8, 4) is 0 Å². The normalized spacial score (nSPS) is 21.9. The largest absolute Gasteiger partial charge is 0.377 e. The molecule has 3 fully saturated rings. The number of carbonyl (C=O) groups is 3. The van der Waals surface area contributed by atoms with Crippen LogP contribution in [0, 0.1) is 0 Å². The number of hydrogen-bond donors (Lipinski definition) is 0. The molecule has 0 saturated carbocycles. The van der Waals surface area contributed by atoms with Crippen LogP contribution < -0.4 is 9.80 Å². The maximum Gasteiger partial charge on any atom is 0.261 e. The number of anilines is 2. The van der Waals surface area contributed by atoms with E-state index in [0.717, 1.165) is 51.0 Å². The second-order valence-electron chi connectivity index (χ2n) is 11.0. The summed E-state index contributed by atoms with van der Waals surface area (Å²) in [5.74, 6) is 1.25. The summed E-state index contributed by atoms with van der Waals surface area (Å²) in [5, 5.41) is 9.02. The van der Waals surface area contributed by atoms with Gasteiger partial charge in [-0.2, -0.15) is 0 Å². The lowest BCUT2D eigenvalue weighted by Crippen LogP contribution is -2.49. The van der Waals surface area contributed by atoms with E-state index in [-0.39, 0.29) is 24.3 Å². The fourth-order valence-corrected chi connectivity index (χ4v) is 6.07. The molecule has 0 bridgehead atoms. The molecule has 212 valence electrons. The van der Waals surface area contributed by atoms with Crippen LogP contribution in [0.25, 0.3) is 0 Å². The lowest BCUT2D eigenvalue weighted by atomic mass is 10.1. The van der Waals surface area contributed by atoms with Gasteiger partial charge in [0, 0.05) is 78.5 Å². The molecule has 40 heavy (non-hydrogen) atoms. The van der Waals surface area contributed by atoms with Crippen LogP contribution in [-0.2, 0) is 9.53 Å². The quantitative estimate of drug-likeness (QED) is 0.455. The Balaban J connectivity index is 0.919. The minimum Gasteiger partial charge on any atom is -0.377 e. The minimum atomic E-state index is -0.273. The van der Waals surface area contributed by atoms with Crippen molar-refractivity contribution in [1.29, 1.82) is 0 Å². The Labute approximate surface area is 234 Å². The zero-order valence-corrected chi connectivity index (χ0v) is 22.9. The van der Waals surface area contributed by atoms with Crippen molar-refractivity contribution >= 4 is 29.4 Å². The number of amides is 3. The molecule has 0 spiro atoms. The van der Waals surface area contributed by atoms with Gasteiger partial charge in [-0.1, -0.05) is 12.1 Å². The monoisotopic (exact) mass is 547 g/mol. The average molecular weight is 548 g/mol. The average Bonchev–Trinajstić information content (AvgIpc) is 3.60. The van der Waals surface area contributed by atoms with Crippen molar-refractivity contribution in [3.05, 3.63) is 47.5 Å². The van der Waals surface area contributed by atoms with Gasteiger partial charge in [0.05, 0.1) is 17.2 Å². The maximum atomic E-state index is 12.8. The van der Waals surface area contributed by atoms with Crippen molar-refractivity contribution < 1.29 is 19.1 Å². The van der Waals surface area contributed by atoms with Gasteiger partial charge in [0.2, 0.25) is 5.91 Å². The first-order valence-corrected chi connectivity index (χ1v) is 14.5. The van der Waals surface area contributed by atoms with Crippen molar-refractivity contribution in [3.63, 3.8) is 0 Å². The Morgan fingerprint density at radius 2 is 1.43 bits per heavy atom. The first-order chi connectivity index (χ1) is 19.6. The van der Waals surface area contributed by atoms with E-state index in [1.807, 2.05) is 11.0 Å². The Bertz CT molecular complexity index is 1180. The SMILES string of the molecule is O=C(CCCN1C(=O)c2ccccc2C1=O)N1CCN(c2ccc(N3CCN(CC4CCCO4)CC3)nn2)CC1. The summed E-state index contributed by atoms with van der Waals surface area (Å²) in [7, 11) is 0. The Morgan fingerprint density at radius 1 is 0.825 bits per heavy atom. The summed E-state index contributed by atoms with van der Waals surface area (Å²) < 4.78 is 5.78. The van der Waals surface area contributed by atoms with E-state index in [4.69, 9.17) is 4.74 Å². The lowest BCUT2D eigenvalue weighted by Gasteiger charge is -2.37. The molecule has 3 saturated heterocycles. The van der Waals surface area contributed by atoms with E-state index in [9.17, 15) is 14.4 Å². The van der Waals surface area contributed by atoms with Crippen LogP contribution in [0.1, 0.15) is 46.4 Å². The van der Waals surface area contributed by atoms with Gasteiger partial charge in [-0.25, -0.2) is 0 Å². The molecule has 1 aromatic heterocycles. The van der Waals surface area contributed by atoms with Gasteiger partial charge in [0.15, 0.2) is 11.6 Å². The third kappa shape index (κ3) is 5.66. The lowest BCUT2D eigenvalue weighted by molar-refractivity contribution is -0.131. The molecular weight excluding hydrogens is 510 g/mol. The standard InChI is InChI=1S/C29H37N7O4/c37-27(8-3-11-36-28(38)23-6-1-2-7-24(23)29(36)39)35-18-16-34(17-19-35)26-10-9-25(30-31-26)33-14-12-32(13-15-33)21-22-5-4-20-40-22/h1-2,6-7,9-10,22H,3-5,8,11-21H2. The summed E-state index contributed by atoms with van der Waals surface area (Å²) in [6.45, 7) is 8.70. The van der Waals surface area contributed by atoms with E-state index < -0.39 is 0 Å². The first kappa shape index (κ1) is 26.6. The molecule has 6 rings (SSSR count). The summed E-state index contributed by atoms with van der Waals surface area (Å²) in [4.78, 5) is 47.9. The predicted molar refractivity (Wildman–Crippen MR) is 149 cm³/mol. The zero-order valence-electron chi connectivity index (χ0n) is 22.9. The molecule has 11 heteroatoms. The van der Waals surface area contributed by atoms with Crippen LogP contribution >= 0.6 is 0 Å². The predicted octanol–water partition coefficient (Wildman–Crippen LogP) is 1.50. The number of piperazine rings is 2. The van der Waals surface area contributed by atoms with Crippen molar-refractivity contribution in [2.45, 2.75) is 31.8 Å². The second-order valence-corrected chi connectivity index (χ2v) is 11.0. The van der Waals surface area contributed by atoms with Crippen LogP contribution in [0.2, 0.25) is 0 Å². The molecule has 0 radical (unpaired) electrons. The van der Waals surface area contributed by atoms with Gasteiger partial charge in [-0.05, 0) is 43.5 Å². The summed E-state index contributed by atoms with van der Waals surface area (Å²) in [6.07, 6.45) is 3.52. The Morgan fingerprint density at radius 3 is 1.98 bits per heavy atom. The number of fused-ring (bicyclic) bond motifs is 1. The highest BCUT2D eigenvalue weighted by atomic mass is 16.5. The summed E-state index contributed by atoms with van der Waals surface area (Å²) in [5.41, 5.74) is 0.887. The zero-order chi connectivity index (χ0) is 27.5. The van der Waals surface area contributed by atoms with E-state index in [1.165, 1.54) is 17.7 Å². The van der Waals surface area contributed by atoms with Gasteiger partial charge < -0.3 is 19.4 Å². The highest BCUT2D eigenvalue weighted by molar-refractivity contribution is 6.21. The molecule has 4 aliphatic rings. The van der Waals surface area contributed by atoms with E-state index in [1.54, 1.807) is 24.3 Å². The number of rotatable bonds is 8. The molecule has 5 heterocycles. The van der Waals surface area contributed by atoms with Crippen molar-refractivity contribution in [2.75, 3.05) is 81.9 Å². The number of benzene rings is 1. The molecule has 1 aromatic carbocycles. The molecule has 3 amide bonds. The number of ether oxygens (including phenoxy) is 1. The van der Waals surface area contributed by atoms with Crippen LogP contribution in [-0.4, -0.2) is 121 Å². The smallest absolute Gasteiger partial charge is 0.261 e. The first-order valence-electron chi connectivity index (χ1n) is 14.5. The number of carbonyl (C=O) groups excluding carboxylic acids is 3. The van der Waals surface area contributed by atoms with Gasteiger partial charge in [-0.3, -0.25) is 24.2 Å². The molecule has 0 N–H and O–H groups in total. The van der Waals surface area contributed by atoms with Crippen molar-refractivity contribution in [1.82, 2.24) is 24.9 Å². The molecule has 0 aliphatic carbocycles. The van der Waals surface area contributed by atoms with Gasteiger partial charge >= 0.3 is 0 Å². The topological polar surface area (TPSA) is 102 Å². The highest BCUT2D eigenvalue weighted by Crippen LogP contribution is 2.23. The third-order valence-corrected chi connectivity index (χ3v) is 8.43. The number of hydrogen-bond acceptors (Lipinski definition) is 9. The van der Waals surface area contributed by atoms with Gasteiger partial charge in [0.25, 0.3) is 11.8 Å². The fourth-order valence-electron chi connectivity index (χ4n) is 6.07. The van der Waals surface area contributed by atoms with Crippen molar-refractivity contribution in [2.24, 2.45) is 0 Å². The van der Waals surface area contributed by atoms with E-state index in [2.05, 4.69) is 31.0 Å². The molecule has 1 unspecified atom stereocenters. The van der Waals surface area contributed by atoms with Gasteiger partial charge in [-0.15, -0.1) is 10.2 Å². The fraction of sp³-hybridized carbons (Fsp3) is 0.552. The third-order valence-electron chi connectivity index (χ3n) is 8.43. The van der Waals surface area contributed by atoms with E-state index >= 15 is 0 Å².